The third-order valence-corrected chi connectivity index (χ3v) is 3.84. The number of nitrogens with zero attached hydrogens (tertiary/aromatic N) is 2. The maximum Gasteiger partial charge on any atom is 0.194 e. The van der Waals surface area contributed by atoms with E-state index in [9.17, 15) is 0 Å². The number of ether oxygens (including phenoxy) is 3. The number of hydrogen-bond donors (Lipinski definition) is 1. The first-order valence-corrected chi connectivity index (χ1v) is 8.09. The van der Waals surface area contributed by atoms with Gasteiger partial charge < -0.3 is 24.4 Å². The molecule has 2 rings (SSSR count). The summed E-state index contributed by atoms with van der Waals surface area (Å²) in [6.45, 7) is 7.64. The first kappa shape index (κ1) is 16.5. The molecule has 0 aromatic carbocycles. The molecule has 0 aromatic heterocycles. The van der Waals surface area contributed by atoms with Gasteiger partial charge in [0.15, 0.2) is 5.96 Å². The van der Waals surface area contributed by atoms with Crippen molar-refractivity contribution in [2.24, 2.45) is 4.99 Å². The van der Waals surface area contributed by atoms with Crippen LogP contribution in [0.4, 0.5) is 0 Å². The van der Waals surface area contributed by atoms with Gasteiger partial charge in [-0.2, -0.15) is 0 Å². The molecule has 0 aromatic rings. The molecular formula is C15H29N3O3. The van der Waals surface area contributed by atoms with Crippen molar-refractivity contribution in [3.05, 3.63) is 0 Å². The van der Waals surface area contributed by atoms with Gasteiger partial charge in [0.2, 0.25) is 0 Å². The van der Waals surface area contributed by atoms with Crippen LogP contribution in [0.1, 0.15) is 26.2 Å². The van der Waals surface area contributed by atoms with Crippen LogP contribution in [0.15, 0.2) is 4.99 Å². The first-order valence-electron chi connectivity index (χ1n) is 8.09. The van der Waals surface area contributed by atoms with Crippen LogP contribution < -0.4 is 5.32 Å². The lowest BCUT2D eigenvalue weighted by Crippen LogP contribution is -2.51. The van der Waals surface area contributed by atoms with Gasteiger partial charge in [-0.05, 0) is 26.2 Å². The number of rotatable bonds is 5. The summed E-state index contributed by atoms with van der Waals surface area (Å²) in [5, 5.41) is 3.38. The monoisotopic (exact) mass is 299 g/mol. The van der Waals surface area contributed by atoms with Crippen molar-refractivity contribution < 1.29 is 14.2 Å². The molecule has 0 radical (unpaired) electrons. The van der Waals surface area contributed by atoms with Crippen molar-refractivity contribution in [2.45, 2.75) is 38.4 Å². The van der Waals surface area contributed by atoms with Crippen LogP contribution in [0.2, 0.25) is 0 Å². The Hall–Kier alpha value is -0.850. The fourth-order valence-electron chi connectivity index (χ4n) is 2.76. The van der Waals surface area contributed by atoms with Gasteiger partial charge in [-0.25, -0.2) is 0 Å². The summed E-state index contributed by atoms with van der Waals surface area (Å²) in [7, 11) is 1.71. The molecule has 2 unspecified atom stereocenters. The summed E-state index contributed by atoms with van der Waals surface area (Å²) in [6.07, 6.45) is 3.96. The van der Waals surface area contributed by atoms with Crippen LogP contribution in [0.3, 0.4) is 0 Å². The van der Waals surface area contributed by atoms with E-state index in [1.54, 1.807) is 7.11 Å². The summed E-state index contributed by atoms with van der Waals surface area (Å²) >= 11 is 0. The molecule has 0 saturated carbocycles. The van der Waals surface area contributed by atoms with E-state index in [-0.39, 0.29) is 12.2 Å². The lowest BCUT2D eigenvalue weighted by atomic mass is 10.1. The van der Waals surface area contributed by atoms with E-state index in [0.29, 0.717) is 6.61 Å². The summed E-state index contributed by atoms with van der Waals surface area (Å²) < 4.78 is 16.6. The number of nitrogens with one attached hydrogen (secondary N) is 1. The molecule has 2 atom stereocenters. The minimum absolute atomic E-state index is 0.124. The van der Waals surface area contributed by atoms with Crippen molar-refractivity contribution in [1.82, 2.24) is 10.2 Å². The van der Waals surface area contributed by atoms with E-state index in [0.717, 1.165) is 51.8 Å². The number of hydrogen-bond acceptors (Lipinski definition) is 4. The quantitative estimate of drug-likeness (QED) is 0.603. The van der Waals surface area contributed by atoms with Crippen LogP contribution in [0.25, 0.3) is 0 Å². The van der Waals surface area contributed by atoms with Crippen molar-refractivity contribution in [3.63, 3.8) is 0 Å². The van der Waals surface area contributed by atoms with E-state index in [1.807, 2.05) is 0 Å². The Labute approximate surface area is 127 Å². The van der Waals surface area contributed by atoms with E-state index >= 15 is 0 Å². The van der Waals surface area contributed by atoms with Gasteiger partial charge in [0, 0.05) is 33.4 Å². The largest absolute Gasteiger partial charge is 0.382 e. The number of guanidine groups is 1. The van der Waals surface area contributed by atoms with E-state index in [1.165, 1.54) is 12.8 Å². The summed E-state index contributed by atoms with van der Waals surface area (Å²) in [6, 6.07) is 0. The Morgan fingerprint density at radius 3 is 2.86 bits per heavy atom. The van der Waals surface area contributed by atoms with Crippen molar-refractivity contribution in [3.8, 4) is 0 Å². The molecule has 0 bridgehead atoms. The molecule has 6 heteroatoms. The highest BCUT2D eigenvalue weighted by Crippen LogP contribution is 2.13. The van der Waals surface area contributed by atoms with Gasteiger partial charge in [0.05, 0.1) is 32.0 Å². The zero-order valence-electron chi connectivity index (χ0n) is 13.3. The summed E-state index contributed by atoms with van der Waals surface area (Å²) in [4.78, 5) is 7.03. The summed E-state index contributed by atoms with van der Waals surface area (Å²) in [5.41, 5.74) is 0. The second-order valence-corrected chi connectivity index (χ2v) is 5.58. The topological polar surface area (TPSA) is 55.3 Å². The van der Waals surface area contributed by atoms with Crippen LogP contribution in [-0.4, -0.2) is 76.2 Å². The first-order chi connectivity index (χ1) is 10.3. The molecule has 2 aliphatic rings. The highest BCUT2D eigenvalue weighted by molar-refractivity contribution is 5.80. The third kappa shape index (κ3) is 5.45. The number of methoxy groups -OCH3 is 1. The molecule has 6 nitrogen and oxygen atoms in total. The Bertz CT molecular complexity index is 317. The molecule has 2 aliphatic heterocycles. The Morgan fingerprint density at radius 2 is 2.14 bits per heavy atom. The maximum absolute atomic E-state index is 5.76. The molecule has 2 heterocycles. The van der Waals surface area contributed by atoms with Crippen molar-refractivity contribution in [1.29, 1.82) is 0 Å². The molecule has 21 heavy (non-hydrogen) atoms. The van der Waals surface area contributed by atoms with Crippen LogP contribution in [0.5, 0.6) is 0 Å². The Balaban J connectivity index is 1.89. The van der Waals surface area contributed by atoms with E-state index in [2.05, 4.69) is 17.1 Å². The van der Waals surface area contributed by atoms with E-state index in [4.69, 9.17) is 19.2 Å². The highest BCUT2D eigenvalue weighted by atomic mass is 16.5. The van der Waals surface area contributed by atoms with Crippen molar-refractivity contribution >= 4 is 5.96 Å². The van der Waals surface area contributed by atoms with Gasteiger partial charge >= 0.3 is 0 Å². The molecule has 2 fully saturated rings. The van der Waals surface area contributed by atoms with Gasteiger partial charge in [-0.3, -0.25) is 4.99 Å². The van der Waals surface area contributed by atoms with Gasteiger partial charge in [-0.15, -0.1) is 0 Å². The molecule has 0 aliphatic carbocycles. The van der Waals surface area contributed by atoms with Crippen molar-refractivity contribution in [2.75, 3.05) is 53.1 Å². The number of morpholine rings is 1. The predicted octanol–water partition coefficient (Wildman–Crippen LogP) is 0.868. The Morgan fingerprint density at radius 1 is 1.29 bits per heavy atom. The zero-order valence-corrected chi connectivity index (χ0v) is 13.3. The minimum atomic E-state index is 0.124. The SMILES string of the molecule is CCNC(=NCC1CCCCO1)N1CCOC(COC)C1. The van der Waals surface area contributed by atoms with Gasteiger partial charge in [-0.1, -0.05) is 0 Å². The average molecular weight is 299 g/mol. The smallest absolute Gasteiger partial charge is 0.194 e. The fourth-order valence-corrected chi connectivity index (χ4v) is 2.76. The third-order valence-electron chi connectivity index (χ3n) is 3.84. The minimum Gasteiger partial charge on any atom is -0.382 e. The number of aliphatic imine (C=N–C) groups is 1. The molecule has 0 spiro atoms. The van der Waals surface area contributed by atoms with Gasteiger partial charge in [0.25, 0.3) is 0 Å². The molecule has 1 N–H and O–H groups in total. The molecule has 2 saturated heterocycles. The van der Waals surface area contributed by atoms with Crippen LogP contribution in [0, 0.1) is 0 Å². The van der Waals surface area contributed by atoms with Gasteiger partial charge in [0.1, 0.15) is 0 Å². The normalized spacial score (nSPS) is 27.7. The van der Waals surface area contributed by atoms with E-state index < -0.39 is 0 Å². The van der Waals surface area contributed by atoms with Crippen LogP contribution >= 0.6 is 0 Å². The second kappa shape index (κ2) is 9.23. The zero-order chi connectivity index (χ0) is 14.9. The maximum atomic E-state index is 5.76. The van der Waals surface area contributed by atoms with Crippen LogP contribution in [-0.2, 0) is 14.2 Å². The highest BCUT2D eigenvalue weighted by Gasteiger charge is 2.23. The lowest BCUT2D eigenvalue weighted by molar-refractivity contribution is -0.0448. The standard InChI is InChI=1S/C15H29N3O3/c1-3-16-15(17-10-13-6-4-5-8-20-13)18-7-9-21-14(11-18)12-19-2/h13-14H,3-12H2,1-2H3,(H,16,17). The fraction of sp³-hybridized carbons (Fsp3) is 0.933. The lowest BCUT2D eigenvalue weighted by Gasteiger charge is -2.35. The molecule has 122 valence electrons. The summed E-state index contributed by atoms with van der Waals surface area (Å²) in [5.74, 6) is 0.969. The molecule has 0 amide bonds. The predicted molar refractivity (Wildman–Crippen MR) is 82.8 cm³/mol. The molecular weight excluding hydrogens is 270 g/mol. The average Bonchev–Trinajstić information content (AvgIpc) is 2.53. The second-order valence-electron chi connectivity index (χ2n) is 5.58. The Kier molecular flexibility index (Phi) is 7.26.